The molecule has 3 fully saturated rings. The molecule has 1 atom stereocenters. The van der Waals surface area contributed by atoms with Crippen LogP contribution < -0.4 is 5.32 Å². The average molecular weight is 371 g/mol. The van der Waals surface area contributed by atoms with Crippen molar-refractivity contribution in [3.63, 3.8) is 0 Å². The molecule has 1 aromatic carbocycles. The summed E-state index contributed by atoms with van der Waals surface area (Å²) in [5, 5.41) is 3.56. The van der Waals surface area contributed by atoms with E-state index in [2.05, 4.69) is 44.3 Å². The van der Waals surface area contributed by atoms with Crippen molar-refractivity contribution in [3.8, 4) is 0 Å². The standard InChI is InChI=1S/C22H34N4O/c27-19-26-16-5-10-22(26,18-25-14-3-4-15-25)20-6-8-21(9-7-20)23-11-17-24-12-1-2-13-24/h6-9,19,23H,1-5,10-18H2/t22-/m1/s1. The zero-order chi connectivity index (χ0) is 18.5. The molecule has 3 aliphatic heterocycles. The van der Waals surface area contributed by atoms with Gasteiger partial charge in [0.25, 0.3) is 0 Å². The summed E-state index contributed by atoms with van der Waals surface area (Å²) >= 11 is 0. The fourth-order valence-electron chi connectivity index (χ4n) is 5.20. The summed E-state index contributed by atoms with van der Waals surface area (Å²) in [7, 11) is 0. The van der Waals surface area contributed by atoms with Crippen molar-refractivity contribution in [1.29, 1.82) is 0 Å². The van der Waals surface area contributed by atoms with E-state index in [-0.39, 0.29) is 5.54 Å². The van der Waals surface area contributed by atoms with Gasteiger partial charge in [0.1, 0.15) is 0 Å². The van der Waals surface area contributed by atoms with Crippen LogP contribution in [0, 0.1) is 0 Å². The second-order valence-corrected chi connectivity index (χ2v) is 8.47. The Bertz CT molecular complexity index is 607. The summed E-state index contributed by atoms with van der Waals surface area (Å²) in [5.41, 5.74) is 2.34. The van der Waals surface area contributed by atoms with Crippen molar-refractivity contribution in [2.75, 3.05) is 57.7 Å². The van der Waals surface area contributed by atoms with E-state index in [1.165, 1.54) is 63.1 Å². The first-order chi connectivity index (χ1) is 13.3. The lowest BCUT2D eigenvalue weighted by Crippen LogP contribution is -2.48. The summed E-state index contributed by atoms with van der Waals surface area (Å²) < 4.78 is 0. The van der Waals surface area contributed by atoms with Gasteiger partial charge in [0.15, 0.2) is 0 Å². The largest absolute Gasteiger partial charge is 0.384 e. The molecule has 1 aromatic rings. The number of amides is 1. The van der Waals surface area contributed by atoms with Gasteiger partial charge in [-0.15, -0.1) is 0 Å². The summed E-state index contributed by atoms with van der Waals surface area (Å²) in [6.45, 7) is 8.83. The van der Waals surface area contributed by atoms with E-state index < -0.39 is 0 Å². The second-order valence-electron chi connectivity index (χ2n) is 8.47. The van der Waals surface area contributed by atoms with Crippen molar-refractivity contribution < 1.29 is 4.79 Å². The molecule has 1 amide bonds. The summed E-state index contributed by atoms with van der Waals surface area (Å²) in [6.07, 6.45) is 8.52. The molecule has 27 heavy (non-hydrogen) atoms. The first-order valence-electron chi connectivity index (χ1n) is 10.8. The van der Waals surface area contributed by atoms with Gasteiger partial charge in [0, 0.05) is 31.9 Å². The van der Waals surface area contributed by atoms with E-state index in [4.69, 9.17) is 0 Å². The minimum Gasteiger partial charge on any atom is -0.384 e. The summed E-state index contributed by atoms with van der Waals surface area (Å²) in [6, 6.07) is 8.89. The van der Waals surface area contributed by atoms with E-state index in [1.54, 1.807) is 0 Å². The fraction of sp³-hybridized carbons (Fsp3) is 0.682. The van der Waals surface area contributed by atoms with Crippen molar-refractivity contribution in [2.24, 2.45) is 0 Å². The molecule has 0 bridgehead atoms. The highest BCUT2D eigenvalue weighted by Gasteiger charge is 2.43. The van der Waals surface area contributed by atoms with Crippen LogP contribution in [0.5, 0.6) is 0 Å². The SMILES string of the molecule is O=CN1CCC[C@@]1(CN1CCCC1)c1ccc(NCCN2CCCC2)cc1. The van der Waals surface area contributed by atoms with Crippen LogP contribution in [-0.2, 0) is 10.3 Å². The molecule has 0 unspecified atom stereocenters. The van der Waals surface area contributed by atoms with Crippen LogP contribution in [0.4, 0.5) is 5.69 Å². The molecule has 0 spiro atoms. The number of nitrogens with one attached hydrogen (secondary N) is 1. The quantitative estimate of drug-likeness (QED) is 0.714. The average Bonchev–Trinajstić information content (AvgIpc) is 3.45. The molecular formula is C22H34N4O. The monoisotopic (exact) mass is 370 g/mol. The van der Waals surface area contributed by atoms with E-state index >= 15 is 0 Å². The first kappa shape index (κ1) is 18.8. The van der Waals surface area contributed by atoms with Gasteiger partial charge >= 0.3 is 0 Å². The third kappa shape index (κ3) is 4.14. The lowest BCUT2D eigenvalue weighted by atomic mass is 9.86. The van der Waals surface area contributed by atoms with Crippen LogP contribution in [0.2, 0.25) is 0 Å². The number of rotatable bonds is 8. The number of anilines is 1. The number of hydrogen-bond donors (Lipinski definition) is 1. The molecule has 0 aromatic heterocycles. The number of carbonyl (C=O) groups is 1. The minimum atomic E-state index is -0.139. The van der Waals surface area contributed by atoms with Crippen LogP contribution in [-0.4, -0.2) is 73.5 Å². The number of likely N-dealkylation sites (tertiary alicyclic amines) is 3. The highest BCUT2D eigenvalue weighted by Crippen LogP contribution is 2.39. The molecule has 0 radical (unpaired) electrons. The zero-order valence-electron chi connectivity index (χ0n) is 16.5. The summed E-state index contributed by atoms with van der Waals surface area (Å²) in [4.78, 5) is 18.9. The van der Waals surface area contributed by atoms with Gasteiger partial charge in [-0.05, 0) is 82.4 Å². The van der Waals surface area contributed by atoms with Crippen LogP contribution in [0.3, 0.4) is 0 Å². The maximum atomic E-state index is 11.8. The van der Waals surface area contributed by atoms with Crippen molar-refractivity contribution in [3.05, 3.63) is 29.8 Å². The maximum Gasteiger partial charge on any atom is 0.210 e. The minimum absolute atomic E-state index is 0.139. The highest BCUT2D eigenvalue weighted by molar-refractivity contribution is 5.53. The van der Waals surface area contributed by atoms with Crippen molar-refractivity contribution >= 4 is 12.1 Å². The molecule has 5 heteroatoms. The second kappa shape index (κ2) is 8.61. The van der Waals surface area contributed by atoms with Gasteiger partial charge in [-0.1, -0.05) is 12.1 Å². The smallest absolute Gasteiger partial charge is 0.210 e. The Morgan fingerprint density at radius 2 is 1.56 bits per heavy atom. The van der Waals surface area contributed by atoms with Crippen LogP contribution >= 0.6 is 0 Å². The predicted molar refractivity (Wildman–Crippen MR) is 110 cm³/mol. The fourth-order valence-corrected chi connectivity index (χ4v) is 5.20. The van der Waals surface area contributed by atoms with Crippen LogP contribution in [0.15, 0.2) is 24.3 Å². The topological polar surface area (TPSA) is 38.8 Å². The Kier molecular flexibility index (Phi) is 5.98. The molecule has 3 heterocycles. The zero-order valence-corrected chi connectivity index (χ0v) is 16.5. The maximum absolute atomic E-state index is 11.8. The molecule has 3 saturated heterocycles. The lowest BCUT2D eigenvalue weighted by Gasteiger charge is -2.40. The molecule has 4 rings (SSSR count). The number of carbonyl (C=O) groups excluding carboxylic acids is 1. The Balaban J connectivity index is 1.42. The Labute approximate surface area is 163 Å². The van der Waals surface area contributed by atoms with Gasteiger partial charge in [-0.25, -0.2) is 0 Å². The normalized spacial score (nSPS) is 26.7. The molecular weight excluding hydrogens is 336 g/mol. The van der Waals surface area contributed by atoms with E-state index in [1.807, 2.05) is 0 Å². The van der Waals surface area contributed by atoms with Crippen molar-refractivity contribution in [2.45, 2.75) is 44.1 Å². The highest BCUT2D eigenvalue weighted by atomic mass is 16.1. The lowest BCUT2D eigenvalue weighted by molar-refractivity contribution is -0.122. The number of nitrogens with zero attached hydrogens (tertiary/aromatic N) is 3. The number of benzene rings is 1. The van der Waals surface area contributed by atoms with Gasteiger partial charge in [0.2, 0.25) is 6.41 Å². The van der Waals surface area contributed by atoms with Gasteiger partial charge in [0.05, 0.1) is 5.54 Å². The Morgan fingerprint density at radius 1 is 0.889 bits per heavy atom. The molecule has 3 aliphatic rings. The molecule has 5 nitrogen and oxygen atoms in total. The molecule has 0 aliphatic carbocycles. The van der Waals surface area contributed by atoms with Gasteiger partial charge in [-0.2, -0.15) is 0 Å². The van der Waals surface area contributed by atoms with E-state index in [0.717, 1.165) is 45.4 Å². The third-order valence-electron chi connectivity index (χ3n) is 6.73. The van der Waals surface area contributed by atoms with Crippen LogP contribution in [0.25, 0.3) is 0 Å². The summed E-state index contributed by atoms with van der Waals surface area (Å²) in [5.74, 6) is 0. The van der Waals surface area contributed by atoms with E-state index in [0.29, 0.717) is 0 Å². The number of hydrogen-bond acceptors (Lipinski definition) is 4. The Morgan fingerprint density at radius 3 is 2.22 bits per heavy atom. The molecule has 148 valence electrons. The van der Waals surface area contributed by atoms with Gasteiger partial charge < -0.3 is 20.0 Å². The molecule has 1 N–H and O–H groups in total. The molecule has 0 saturated carbocycles. The van der Waals surface area contributed by atoms with Crippen LogP contribution in [0.1, 0.15) is 44.1 Å². The Hall–Kier alpha value is -1.59. The van der Waals surface area contributed by atoms with Crippen molar-refractivity contribution in [1.82, 2.24) is 14.7 Å². The van der Waals surface area contributed by atoms with E-state index in [9.17, 15) is 4.79 Å². The first-order valence-corrected chi connectivity index (χ1v) is 10.8. The predicted octanol–water partition coefficient (Wildman–Crippen LogP) is 2.74. The van der Waals surface area contributed by atoms with Gasteiger partial charge in [-0.3, -0.25) is 4.79 Å². The third-order valence-corrected chi connectivity index (χ3v) is 6.73.